The van der Waals surface area contributed by atoms with Crippen LogP contribution >= 0.6 is 0 Å². The molecule has 0 aliphatic heterocycles. The van der Waals surface area contributed by atoms with E-state index in [0.29, 0.717) is 11.3 Å². The highest BCUT2D eigenvalue weighted by atomic mass is 16.3. The molecule has 0 fully saturated rings. The summed E-state index contributed by atoms with van der Waals surface area (Å²) in [6, 6.07) is 17.4. The molecule has 104 valence electrons. The Balaban J connectivity index is 2.29. The van der Waals surface area contributed by atoms with E-state index in [0.717, 1.165) is 0 Å². The third-order valence-corrected chi connectivity index (χ3v) is 2.98. The van der Waals surface area contributed by atoms with Gasteiger partial charge in [0.15, 0.2) is 0 Å². The van der Waals surface area contributed by atoms with Crippen molar-refractivity contribution in [2.24, 2.45) is 0 Å². The highest BCUT2D eigenvalue weighted by molar-refractivity contribution is 6.10. The molecule has 0 unspecified atom stereocenters. The molecule has 0 bridgehead atoms. The number of benzene rings is 2. The monoisotopic (exact) mass is 278 g/mol. The van der Waals surface area contributed by atoms with Crippen LogP contribution in [-0.4, -0.2) is 18.1 Å². The molecule has 0 aliphatic rings. The van der Waals surface area contributed by atoms with Crippen molar-refractivity contribution in [3.63, 3.8) is 0 Å². The zero-order valence-corrected chi connectivity index (χ0v) is 11.5. The van der Waals surface area contributed by atoms with E-state index in [1.165, 1.54) is 23.1 Å². The van der Waals surface area contributed by atoms with Crippen molar-refractivity contribution in [3.05, 3.63) is 65.7 Å². The van der Waals surface area contributed by atoms with Crippen molar-refractivity contribution in [1.29, 1.82) is 5.26 Å². The minimum absolute atomic E-state index is 0.00644. The number of amides is 1. The average molecular weight is 278 g/mol. The fraction of sp³-hybridized carbons (Fsp3) is 0.0588. The number of aromatic hydroxyl groups is 1. The third kappa shape index (κ3) is 3.48. The van der Waals surface area contributed by atoms with Crippen molar-refractivity contribution < 1.29 is 9.90 Å². The highest BCUT2D eigenvalue weighted by Crippen LogP contribution is 2.17. The van der Waals surface area contributed by atoms with Crippen molar-refractivity contribution in [2.75, 3.05) is 11.9 Å². The molecule has 4 nitrogen and oxygen atoms in total. The van der Waals surface area contributed by atoms with Crippen LogP contribution < -0.4 is 4.90 Å². The fourth-order valence-electron chi connectivity index (χ4n) is 1.87. The molecule has 0 spiro atoms. The van der Waals surface area contributed by atoms with Gasteiger partial charge in [-0.05, 0) is 35.9 Å². The standard InChI is InChI=1S/C17H14N2O2/c1-19(15-7-3-2-4-8-15)17(21)14(12-18)10-13-6-5-9-16(20)11-13/h2-11,20H,1H3/b14-10+. The zero-order valence-electron chi connectivity index (χ0n) is 11.5. The number of phenolic OH excluding ortho intramolecular Hbond substituents is 1. The number of anilines is 1. The van der Waals surface area contributed by atoms with Gasteiger partial charge in [0.05, 0.1) is 0 Å². The second-order valence-electron chi connectivity index (χ2n) is 4.46. The molecule has 2 rings (SSSR count). The maximum atomic E-state index is 12.3. The first kappa shape index (κ1) is 14.4. The van der Waals surface area contributed by atoms with Gasteiger partial charge in [-0.15, -0.1) is 0 Å². The molecule has 21 heavy (non-hydrogen) atoms. The van der Waals surface area contributed by atoms with Crippen LogP contribution in [0.1, 0.15) is 5.56 Å². The first-order valence-electron chi connectivity index (χ1n) is 6.36. The van der Waals surface area contributed by atoms with Gasteiger partial charge >= 0.3 is 0 Å². The quantitative estimate of drug-likeness (QED) is 0.693. The van der Waals surface area contributed by atoms with Gasteiger partial charge < -0.3 is 10.0 Å². The molecule has 1 N–H and O–H groups in total. The van der Waals surface area contributed by atoms with Crippen LogP contribution in [0.5, 0.6) is 5.75 Å². The highest BCUT2D eigenvalue weighted by Gasteiger charge is 2.15. The Kier molecular flexibility index (Phi) is 4.37. The van der Waals surface area contributed by atoms with Crippen LogP contribution in [0.4, 0.5) is 5.69 Å². The summed E-state index contributed by atoms with van der Waals surface area (Å²) < 4.78 is 0. The van der Waals surface area contributed by atoms with Crippen LogP contribution in [0.2, 0.25) is 0 Å². The molecule has 0 saturated carbocycles. The Hall–Kier alpha value is -3.06. The summed E-state index contributed by atoms with van der Waals surface area (Å²) in [6.45, 7) is 0. The predicted molar refractivity (Wildman–Crippen MR) is 81.5 cm³/mol. The molecule has 0 saturated heterocycles. The molecule has 0 atom stereocenters. The van der Waals surface area contributed by atoms with Gasteiger partial charge in [-0.3, -0.25) is 4.79 Å². The maximum absolute atomic E-state index is 12.3. The van der Waals surface area contributed by atoms with Gasteiger partial charge in [0, 0.05) is 12.7 Å². The Morgan fingerprint density at radius 2 is 1.90 bits per heavy atom. The van der Waals surface area contributed by atoms with Crippen LogP contribution in [0, 0.1) is 11.3 Å². The molecule has 0 aromatic heterocycles. The molecule has 0 heterocycles. The average Bonchev–Trinajstić information content (AvgIpc) is 2.52. The molecular weight excluding hydrogens is 264 g/mol. The van der Waals surface area contributed by atoms with Crippen LogP contribution in [0.25, 0.3) is 6.08 Å². The third-order valence-electron chi connectivity index (χ3n) is 2.98. The molecule has 4 heteroatoms. The number of carbonyl (C=O) groups is 1. The molecule has 0 aliphatic carbocycles. The van der Waals surface area contributed by atoms with E-state index in [2.05, 4.69) is 0 Å². The zero-order chi connectivity index (χ0) is 15.2. The lowest BCUT2D eigenvalue weighted by Gasteiger charge is -2.16. The topological polar surface area (TPSA) is 64.3 Å². The number of hydrogen-bond donors (Lipinski definition) is 1. The van der Waals surface area contributed by atoms with E-state index in [4.69, 9.17) is 0 Å². The van der Waals surface area contributed by atoms with E-state index in [9.17, 15) is 15.2 Å². The van der Waals surface area contributed by atoms with E-state index in [1.807, 2.05) is 24.3 Å². The summed E-state index contributed by atoms with van der Waals surface area (Å²) in [5.41, 5.74) is 1.31. The van der Waals surface area contributed by atoms with Gasteiger partial charge in [-0.1, -0.05) is 30.3 Å². The van der Waals surface area contributed by atoms with Crippen molar-refractivity contribution in [1.82, 2.24) is 0 Å². The lowest BCUT2D eigenvalue weighted by molar-refractivity contribution is -0.114. The first-order chi connectivity index (χ1) is 10.1. The predicted octanol–water partition coefficient (Wildman–Crippen LogP) is 2.96. The van der Waals surface area contributed by atoms with Crippen LogP contribution in [-0.2, 0) is 4.79 Å². The smallest absolute Gasteiger partial charge is 0.268 e. The summed E-state index contributed by atoms with van der Waals surface area (Å²) in [5, 5.41) is 18.6. The van der Waals surface area contributed by atoms with Crippen LogP contribution in [0.3, 0.4) is 0 Å². The number of phenols is 1. The minimum Gasteiger partial charge on any atom is -0.508 e. The van der Waals surface area contributed by atoms with Crippen LogP contribution in [0.15, 0.2) is 60.2 Å². The SMILES string of the molecule is CN(C(=O)/C(C#N)=C/c1cccc(O)c1)c1ccccc1. The van der Waals surface area contributed by atoms with Gasteiger partial charge in [0.2, 0.25) is 0 Å². The number of nitriles is 1. The Bertz CT molecular complexity index is 715. The normalized spacial score (nSPS) is 10.8. The van der Waals surface area contributed by atoms with E-state index >= 15 is 0 Å². The van der Waals surface area contributed by atoms with Crippen molar-refractivity contribution in [3.8, 4) is 11.8 Å². The largest absolute Gasteiger partial charge is 0.508 e. The Labute approximate surface area is 123 Å². The number of hydrogen-bond acceptors (Lipinski definition) is 3. The number of likely N-dealkylation sites (N-methyl/N-ethyl adjacent to an activating group) is 1. The summed E-state index contributed by atoms with van der Waals surface area (Å²) in [4.78, 5) is 13.8. The Morgan fingerprint density at radius 1 is 1.19 bits per heavy atom. The molecule has 2 aromatic rings. The van der Waals surface area contributed by atoms with E-state index in [-0.39, 0.29) is 11.3 Å². The van der Waals surface area contributed by atoms with Crippen molar-refractivity contribution in [2.45, 2.75) is 0 Å². The summed E-state index contributed by atoms with van der Waals surface area (Å²) in [7, 11) is 1.62. The maximum Gasteiger partial charge on any atom is 0.268 e. The minimum atomic E-state index is -0.396. The molecule has 2 aromatic carbocycles. The lowest BCUT2D eigenvalue weighted by atomic mass is 10.1. The van der Waals surface area contributed by atoms with E-state index in [1.54, 1.807) is 31.3 Å². The summed E-state index contributed by atoms with van der Waals surface area (Å²) >= 11 is 0. The molecule has 1 amide bonds. The number of para-hydroxylation sites is 1. The lowest BCUT2D eigenvalue weighted by Crippen LogP contribution is -2.27. The second-order valence-corrected chi connectivity index (χ2v) is 4.46. The summed E-state index contributed by atoms with van der Waals surface area (Å²) in [5.74, 6) is -0.308. The van der Waals surface area contributed by atoms with Gasteiger partial charge in [0.25, 0.3) is 5.91 Å². The number of nitrogens with zero attached hydrogens (tertiary/aromatic N) is 2. The second kappa shape index (κ2) is 6.40. The first-order valence-corrected chi connectivity index (χ1v) is 6.36. The van der Waals surface area contributed by atoms with E-state index < -0.39 is 5.91 Å². The number of rotatable bonds is 3. The fourth-order valence-corrected chi connectivity index (χ4v) is 1.87. The van der Waals surface area contributed by atoms with Crippen molar-refractivity contribution >= 4 is 17.7 Å². The Morgan fingerprint density at radius 3 is 2.52 bits per heavy atom. The molecular formula is C17H14N2O2. The molecule has 0 radical (unpaired) electrons. The number of carbonyl (C=O) groups excluding carboxylic acids is 1. The van der Waals surface area contributed by atoms with Gasteiger partial charge in [-0.25, -0.2) is 0 Å². The van der Waals surface area contributed by atoms with Gasteiger partial charge in [0.1, 0.15) is 17.4 Å². The summed E-state index contributed by atoms with van der Waals surface area (Å²) in [6.07, 6.45) is 1.46. The van der Waals surface area contributed by atoms with Gasteiger partial charge in [-0.2, -0.15) is 5.26 Å².